The molecule has 2 fully saturated rings. The molecule has 1 aliphatic heterocycles. The molecule has 1 aromatic carbocycles. The maximum Gasteiger partial charge on any atom is 0.315 e. The van der Waals surface area contributed by atoms with E-state index in [0.29, 0.717) is 31.5 Å². The van der Waals surface area contributed by atoms with Gasteiger partial charge in [-0.3, -0.25) is 4.79 Å². The summed E-state index contributed by atoms with van der Waals surface area (Å²) in [4.78, 5) is 26.5. The smallest absolute Gasteiger partial charge is 0.315 e. The van der Waals surface area contributed by atoms with Crippen LogP contribution < -0.4 is 10.6 Å². The molecule has 1 saturated carbocycles. The zero-order valence-corrected chi connectivity index (χ0v) is 15.6. The number of urea groups is 1. The lowest BCUT2D eigenvalue weighted by Gasteiger charge is -2.24. The molecule has 2 aliphatic rings. The first-order valence-corrected chi connectivity index (χ1v) is 10.1. The summed E-state index contributed by atoms with van der Waals surface area (Å²) in [5.41, 5.74) is 1.17. The van der Waals surface area contributed by atoms with Gasteiger partial charge >= 0.3 is 6.03 Å². The number of nitrogens with zero attached hydrogens (tertiary/aromatic N) is 1. The molecule has 2 N–H and O–H groups in total. The van der Waals surface area contributed by atoms with Crippen LogP contribution in [0.1, 0.15) is 56.9 Å². The Morgan fingerprint density at radius 3 is 2.58 bits per heavy atom. The summed E-state index contributed by atoms with van der Waals surface area (Å²) < 4.78 is 0. The molecule has 26 heavy (non-hydrogen) atoms. The van der Waals surface area contributed by atoms with Crippen LogP contribution in [0.15, 0.2) is 30.3 Å². The second kappa shape index (κ2) is 9.60. The summed E-state index contributed by atoms with van der Waals surface area (Å²) in [6, 6.07) is 10.4. The van der Waals surface area contributed by atoms with Crippen molar-refractivity contribution >= 4 is 11.9 Å². The summed E-state index contributed by atoms with van der Waals surface area (Å²) >= 11 is 0. The van der Waals surface area contributed by atoms with Gasteiger partial charge < -0.3 is 15.5 Å². The Bertz CT molecular complexity index is 584. The summed E-state index contributed by atoms with van der Waals surface area (Å²) in [6.45, 7) is 2.11. The number of benzene rings is 1. The fraction of sp³-hybridized carbons (Fsp3) is 0.619. The second-order valence-corrected chi connectivity index (χ2v) is 7.68. The van der Waals surface area contributed by atoms with Crippen LogP contribution in [0.3, 0.4) is 0 Å². The standard InChI is InChI=1S/C21H31N3O2/c25-20-12-11-17(13-14-24(20)16-18-7-3-1-4-8-18)15-22-21(26)23-19-9-5-2-6-10-19/h1,3-4,7-8,17,19H,2,5-6,9-16H2,(H2,22,23,26). The summed E-state index contributed by atoms with van der Waals surface area (Å²) in [5.74, 6) is 0.597. The van der Waals surface area contributed by atoms with Crippen molar-refractivity contribution in [2.24, 2.45) is 5.92 Å². The molecule has 5 nitrogen and oxygen atoms in total. The van der Waals surface area contributed by atoms with E-state index in [1.807, 2.05) is 23.1 Å². The normalized spacial score (nSPS) is 21.9. The van der Waals surface area contributed by atoms with Crippen LogP contribution in [0.25, 0.3) is 0 Å². The largest absolute Gasteiger partial charge is 0.338 e. The van der Waals surface area contributed by atoms with Gasteiger partial charge in [0, 0.05) is 32.1 Å². The number of hydrogen-bond acceptors (Lipinski definition) is 2. The van der Waals surface area contributed by atoms with Crippen LogP contribution in [-0.2, 0) is 11.3 Å². The predicted octanol–water partition coefficient (Wildman–Crippen LogP) is 3.45. The molecule has 0 aromatic heterocycles. The minimum Gasteiger partial charge on any atom is -0.338 e. The molecule has 0 bridgehead atoms. The molecule has 5 heteroatoms. The Labute approximate surface area is 156 Å². The number of hydrogen-bond donors (Lipinski definition) is 2. The van der Waals surface area contributed by atoms with Crippen molar-refractivity contribution in [3.8, 4) is 0 Å². The molecule has 1 heterocycles. The Hall–Kier alpha value is -2.04. The van der Waals surface area contributed by atoms with E-state index in [-0.39, 0.29) is 11.9 Å². The molecule has 3 amide bonds. The number of carbonyl (C=O) groups excluding carboxylic acids is 2. The highest BCUT2D eigenvalue weighted by Gasteiger charge is 2.23. The number of carbonyl (C=O) groups is 2. The lowest BCUT2D eigenvalue weighted by Crippen LogP contribution is -2.44. The van der Waals surface area contributed by atoms with Gasteiger partial charge in [0.1, 0.15) is 0 Å². The van der Waals surface area contributed by atoms with Gasteiger partial charge in [0.05, 0.1) is 0 Å². The van der Waals surface area contributed by atoms with Gasteiger partial charge in [0.2, 0.25) is 5.91 Å². The topological polar surface area (TPSA) is 61.4 Å². The van der Waals surface area contributed by atoms with Gasteiger partial charge in [-0.05, 0) is 37.2 Å². The maximum absolute atomic E-state index is 12.4. The van der Waals surface area contributed by atoms with Crippen molar-refractivity contribution in [1.82, 2.24) is 15.5 Å². The van der Waals surface area contributed by atoms with Crippen LogP contribution in [0, 0.1) is 5.92 Å². The molecule has 1 saturated heterocycles. The number of rotatable bonds is 5. The van der Waals surface area contributed by atoms with Crippen LogP contribution in [0.2, 0.25) is 0 Å². The molecule has 0 spiro atoms. The molecular formula is C21H31N3O2. The first-order chi connectivity index (χ1) is 12.7. The Kier molecular flexibility index (Phi) is 6.92. The number of likely N-dealkylation sites (tertiary alicyclic amines) is 1. The summed E-state index contributed by atoms with van der Waals surface area (Å²) in [7, 11) is 0. The fourth-order valence-electron chi connectivity index (χ4n) is 3.99. The van der Waals surface area contributed by atoms with Gasteiger partial charge in [-0.1, -0.05) is 49.6 Å². The van der Waals surface area contributed by atoms with Gasteiger partial charge in [0.15, 0.2) is 0 Å². The van der Waals surface area contributed by atoms with Crippen LogP contribution in [0.4, 0.5) is 4.79 Å². The maximum atomic E-state index is 12.4. The van der Waals surface area contributed by atoms with E-state index < -0.39 is 0 Å². The van der Waals surface area contributed by atoms with Crippen LogP contribution >= 0.6 is 0 Å². The molecule has 1 aromatic rings. The van der Waals surface area contributed by atoms with E-state index in [4.69, 9.17) is 0 Å². The van der Waals surface area contributed by atoms with Crippen LogP contribution in [-0.4, -0.2) is 36.0 Å². The Morgan fingerprint density at radius 1 is 1.04 bits per heavy atom. The fourth-order valence-corrected chi connectivity index (χ4v) is 3.99. The zero-order valence-electron chi connectivity index (χ0n) is 15.6. The third kappa shape index (κ3) is 5.75. The van der Waals surface area contributed by atoms with Gasteiger partial charge in [-0.2, -0.15) is 0 Å². The quantitative estimate of drug-likeness (QED) is 0.848. The van der Waals surface area contributed by atoms with E-state index in [2.05, 4.69) is 22.8 Å². The zero-order chi connectivity index (χ0) is 18.2. The first-order valence-electron chi connectivity index (χ1n) is 10.1. The molecule has 1 unspecified atom stereocenters. The molecule has 0 radical (unpaired) electrons. The third-order valence-corrected chi connectivity index (χ3v) is 5.63. The van der Waals surface area contributed by atoms with Gasteiger partial charge in [-0.25, -0.2) is 4.79 Å². The van der Waals surface area contributed by atoms with E-state index in [1.54, 1.807) is 0 Å². The van der Waals surface area contributed by atoms with Crippen molar-refractivity contribution < 1.29 is 9.59 Å². The van der Waals surface area contributed by atoms with E-state index >= 15 is 0 Å². The molecular weight excluding hydrogens is 326 g/mol. The monoisotopic (exact) mass is 357 g/mol. The highest BCUT2D eigenvalue weighted by atomic mass is 16.2. The van der Waals surface area contributed by atoms with Gasteiger partial charge in [0.25, 0.3) is 0 Å². The molecule has 142 valence electrons. The average molecular weight is 357 g/mol. The Balaban J connectivity index is 1.41. The SMILES string of the molecule is O=C(NCC1CCC(=O)N(Cc2ccccc2)CC1)NC1CCCCC1. The highest BCUT2D eigenvalue weighted by molar-refractivity contribution is 5.76. The lowest BCUT2D eigenvalue weighted by atomic mass is 9.96. The van der Waals surface area contributed by atoms with Crippen molar-refractivity contribution in [2.75, 3.05) is 13.1 Å². The summed E-state index contributed by atoms with van der Waals surface area (Å²) in [5, 5.41) is 6.12. The second-order valence-electron chi connectivity index (χ2n) is 7.68. The van der Waals surface area contributed by atoms with Crippen molar-refractivity contribution in [2.45, 2.75) is 64.0 Å². The van der Waals surface area contributed by atoms with E-state index in [9.17, 15) is 9.59 Å². The van der Waals surface area contributed by atoms with Gasteiger partial charge in [-0.15, -0.1) is 0 Å². The Morgan fingerprint density at radius 2 is 1.81 bits per heavy atom. The number of amides is 3. The average Bonchev–Trinajstić information content (AvgIpc) is 2.84. The molecule has 3 rings (SSSR count). The third-order valence-electron chi connectivity index (χ3n) is 5.63. The van der Waals surface area contributed by atoms with Crippen molar-refractivity contribution in [3.05, 3.63) is 35.9 Å². The molecule has 1 atom stereocenters. The van der Waals surface area contributed by atoms with E-state index in [1.165, 1.54) is 24.8 Å². The molecule has 1 aliphatic carbocycles. The minimum absolute atomic E-state index is 0.0476. The predicted molar refractivity (Wildman–Crippen MR) is 103 cm³/mol. The van der Waals surface area contributed by atoms with E-state index in [0.717, 1.165) is 32.2 Å². The minimum atomic E-state index is -0.0476. The van der Waals surface area contributed by atoms with Crippen molar-refractivity contribution in [1.29, 1.82) is 0 Å². The highest BCUT2D eigenvalue weighted by Crippen LogP contribution is 2.20. The van der Waals surface area contributed by atoms with Crippen LogP contribution in [0.5, 0.6) is 0 Å². The first kappa shape index (κ1) is 18.7. The van der Waals surface area contributed by atoms with Crippen molar-refractivity contribution in [3.63, 3.8) is 0 Å². The lowest BCUT2D eigenvalue weighted by molar-refractivity contribution is -0.131. The summed E-state index contributed by atoms with van der Waals surface area (Å²) in [6.07, 6.45) is 8.29. The number of nitrogens with one attached hydrogen (secondary N) is 2.